The van der Waals surface area contributed by atoms with Crippen LogP contribution >= 0.6 is 11.6 Å². The summed E-state index contributed by atoms with van der Waals surface area (Å²) in [6.45, 7) is 3.53. The van der Waals surface area contributed by atoms with Crippen LogP contribution in [-0.2, 0) is 9.59 Å². The third-order valence-corrected chi connectivity index (χ3v) is 3.82. The highest BCUT2D eigenvalue weighted by molar-refractivity contribution is 6.31. The van der Waals surface area contributed by atoms with Gasteiger partial charge in [-0.3, -0.25) is 14.5 Å². The number of furan rings is 1. The number of hydrogen-bond donors (Lipinski definition) is 1. The summed E-state index contributed by atoms with van der Waals surface area (Å²) < 4.78 is 5.20. The van der Waals surface area contributed by atoms with Gasteiger partial charge in [-0.1, -0.05) is 11.6 Å². The number of amides is 2. The van der Waals surface area contributed by atoms with E-state index in [1.807, 2.05) is 0 Å². The van der Waals surface area contributed by atoms with Crippen LogP contribution in [0.25, 0.3) is 6.08 Å². The van der Waals surface area contributed by atoms with Crippen molar-refractivity contribution in [2.75, 3.05) is 4.90 Å². The van der Waals surface area contributed by atoms with Crippen molar-refractivity contribution >= 4 is 35.2 Å². The van der Waals surface area contributed by atoms with Crippen LogP contribution in [-0.4, -0.2) is 17.5 Å². The third kappa shape index (κ3) is 2.87. The Morgan fingerprint density at radius 1 is 1.17 bits per heavy atom. The molecule has 1 aromatic carbocycles. The van der Waals surface area contributed by atoms with E-state index >= 15 is 0 Å². The van der Waals surface area contributed by atoms with Crippen molar-refractivity contribution in [2.45, 2.75) is 19.5 Å². The molecule has 0 unspecified atom stereocenters. The highest BCUT2D eigenvalue weighted by Gasteiger charge is 2.42. The highest BCUT2D eigenvalue weighted by Crippen LogP contribution is 2.30. The molecular formula is C17H15ClN2O3. The summed E-state index contributed by atoms with van der Waals surface area (Å²) in [5.41, 5.74) is -0.188. The third-order valence-electron chi connectivity index (χ3n) is 3.57. The highest BCUT2D eigenvalue weighted by atomic mass is 35.5. The Morgan fingerprint density at radius 3 is 2.48 bits per heavy atom. The molecule has 1 aromatic heterocycles. The molecule has 0 spiro atoms. The first-order valence-corrected chi connectivity index (χ1v) is 7.44. The molecule has 0 aliphatic carbocycles. The van der Waals surface area contributed by atoms with E-state index < -0.39 is 17.5 Å². The predicted octanol–water partition coefficient (Wildman–Crippen LogP) is 3.22. The minimum absolute atomic E-state index is 0.0224. The standard InChI is InChI=1S/C17H15ClN2O3/c1-17(2)19-15(21)14(10-13-4-3-9-23-13)16(22)20(17)12-7-5-11(18)6-8-12/h3-10H,1-2H3,(H,19,21). The number of benzene rings is 1. The number of nitrogens with zero attached hydrogens (tertiary/aromatic N) is 1. The van der Waals surface area contributed by atoms with Crippen molar-refractivity contribution in [3.05, 3.63) is 59.0 Å². The van der Waals surface area contributed by atoms with Crippen LogP contribution < -0.4 is 10.2 Å². The van der Waals surface area contributed by atoms with E-state index in [0.717, 1.165) is 0 Å². The molecule has 0 saturated carbocycles. The number of halogens is 1. The fourth-order valence-corrected chi connectivity index (χ4v) is 2.67. The molecule has 118 valence electrons. The first kappa shape index (κ1) is 15.4. The van der Waals surface area contributed by atoms with Crippen LogP contribution in [0.1, 0.15) is 19.6 Å². The zero-order valence-electron chi connectivity index (χ0n) is 12.7. The molecule has 5 nitrogen and oxygen atoms in total. The van der Waals surface area contributed by atoms with Crippen LogP contribution in [0.2, 0.25) is 5.02 Å². The zero-order valence-corrected chi connectivity index (χ0v) is 13.4. The van der Waals surface area contributed by atoms with Crippen molar-refractivity contribution < 1.29 is 14.0 Å². The molecule has 2 aromatic rings. The summed E-state index contributed by atoms with van der Waals surface area (Å²) in [6.07, 6.45) is 2.92. The second-order valence-electron chi connectivity index (χ2n) is 5.70. The lowest BCUT2D eigenvalue weighted by Crippen LogP contribution is -2.65. The van der Waals surface area contributed by atoms with Gasteiger partial charge < -0.3 is 9.73 Å². The number of rotatable bonds is 2. The molecule has 1 fully saturated rings. The minimum atomic E-state index is -0.859. The van der Waals surface area contributed by atoms with Gasteiger partial charge in [0.05, 0.1) is 6.26 Å². The van der Waals surface area contributed by atoms with E-state index in [1.54, 1.807) is 50.2 Å². The molecule has 1 aliphatic heterocycles. The van der Waals surface area contributed by atoms with Crippen LogP contribution in [0.4, 0.5) is 5.69 Å². The smallest absolute Gasteiger partial charge is 0.265 e. The van der Waals surface area contributed by atoms with Gasteiger partial charge >= 0.3 is 0 Å². The van der Waals surface area contributed by atoms with Gasteiger partial charge in [-0.2, -0.15) is 0 Å². The molecule has 0 atom stereocenters. The maximum Gasteiger partial charge on any atom is 0.265 e. The Morgan fingerprint density at radius 2 is 1.87 bits per heavy atom. The molecule has 2 heterocycles. The SMILES string of the molecule is CC1(C)NC(=O)C(=Cc2ccco2)C(=O)N1c1ccc(Cl)cc1. The quantitative estimate of drug-likeness (QED) is 0.679. The van der Waals surface area contributed by atoms with Gasteiger partial charge in [0.25, 0.3) is 11.8 Å². The van der Waals surface area contributed by atoms with Gasteiger partial charge in [0, 0.05) is 10.7 Å². The maximum atomic E-state index is 12.9. The molecule has 1 saturated heterocycles. The summed E-state index contributed by atoms with van der Waals surface area (Å²) in [6, 6.07) is 10.3. The van der Waals surface area contributed by atoms with Crippen molar-refractivity contribution in [1.82, 2.24) is 5.32 Å². The normalized spacial score (nSPS) is 19.1. The molecule has 0 radical (unpaired) electrons. The van der Waals surface area contributed by atoms with E-state index in [2.05, 4.69) is 5.32 Å². The minimum Gasteiger partial charge on any atom is -0.465 e. The number of anilines is 1. The van der Waals surface area contributed by atoms with Gasteiger partial charge in [0.15, 0.2) is 0 Å². The largest absolute Gasteiger partial charge is 0.465 e. The van der Waals surface area contributed by atoms with Gasteiger partial charge in [0.1, 0.15) is 17.0 Å². The monoisotopic (exact) mass is 330 g/mol. The molecule has 0 bridgehead atoms. The summed E-state index contributed by atoms with van der Waals surface area (Å²) in [5, 5.41) is 3.41. The van der Waals surface area contributed by atoms with E-state index in [1.165, 1.54) is 17.2 Å². The van der Waals surface area contributed by atoms with E-state index in [0.29, 0.717) is 16.5 Å². The van der Waals surface area contributed by atoms with E-state index in [4.69, 9.17) is 16.0 Å². The molecular weight excluding hydrogens is 316 g/mol. The first-order chi connectivity index (χ1) is 10.9. The predicted molar refractivity (Wildman–Crippen MR) is 87.8 cm³/mol. The van der Waals surface area contributed by atoms with Crippen molar-refractivity contribution in [2.24, 2.45) is 0 Å². The van der Waals surface area contributed by atoms with Gasteiger partial charge in [-0.25, -0.2) is 0 Å². The molecule has 6 heteroatoms. The number of carbonyl (C=O) groups is 2. The Kier molecular flexibility index (Phi) is 3.74. The van der Waals surface area contributed by atoms with Crippen LogP contribution in [0, 0.1) is 0 Å². The van der Waals surface area contributed by atoms with Crippen molar-refractivity contribution in [1.29, 1.82) is 0 Å². The van der Waals surface area contributed by atoms with Gasteiger partial charge in [-0.15, -0.1) is 0 Å². The Hall–Kier alpha value is -2.53. The molecule has 2 amide bonds. The van der Waals surface area contributed by atoms with Crippen LogP contribution in [0.5, 0.6) is 0 Å². The fraction of sp³-hybridized carbons (Fsp3) is 0.176. The Labute approximate surface area is 138 Å². The Bertz CT molecular complexity index is 777. The summed E-state index contributed by atoms with van der Waals surface area (Å²) in [4.78, 5) is 26.7. The van der Waals surface area contributed by atoms with Crippen molar-refractivity contribution in [3.63, 3.8) is 0 Å². The molecule has 1 aliphatic rings. The van der Waals surface area contributed by atoms with Crippen molar-refractivity contribution in [3.8, 4) is 0 Å². The van der Waals surface area contributed by atoms with E-state index in [-0.39, 0.29) is 5.57 Å². The topological polar surface area (TPSA) is 62.6 Å². The van der Waals surface area contributed by atoms with Gasteiger partial charge in [0.2, 0.25) is 0 Å². The lowest BCUT2D eigenvalue weighted by atomic mass is 10.0. The number of nitrogens with one attached hydrogen (secondary N) is 1. The van der Waals surface area contributed by atoms with E-state index in [9.17, 15) is 9.59 Å². The molecule has 23 heavy (non-hydrogen) atoms. The lowest BCUT2D eigenvalue weighted by Gasteiger charge is -2.43. The lowest BCUT2D eigenvalue weighted by molar-refractivity contribution is -0.127. The second-order valence-corrected chi connectivity index (χ2v) is 6.14. The molecule has 1 N–H and O–H groups in total. The van der Waals surface area contributed by atoms with Gasteiger partial charge in [-0.05, 0) is 56.3 Å². The molecule has 3 rings (SSSR count). The second kappa shape index (κ2) is 5.59. The fourth-order valence-electron chi connectivity index (χ4n) is 2.55. The maximum absolute atomic E-state index is 12.9. The summed E-state index contributed by atoms with van der Waals surface area (Å²) >= 11 is 5.91. The Balaban J connectivity index is 2.05. The first-order valence-electron chi connectivity index (χ1n) is 7.06. The average molecular weight is 331 g/mol. The average Bonchev–Trinajstić information content (AvgIpc) is 2.98. The zero-order chi connectivity index (χ0) is 16.6. The van der Waals surface area contributed by atoms with Crippen LogP contribution in [0.15, 0.2) is 52.7 Å². The summed E-state index contributed by atoms with van der Waals surface area (Å²) in [7, 11) is 0. The number of hydrogen-bond acceptors (Lipinski definition) is 3. The van der Waals surface area contributed by atoms with Crippen LogP contribution in [0.3, 0.4) is 0 Å². The summed E-state index contributed by atoms with van der Waals surface area (Å²) in [5.74, 6) is -0.377. The number of carbonyl (C=O) groups excluding carboxylic acids is 2.